The maximum absolute atomic E-state index is 8.26. The molecule has 0 saturated heterocycles. The number of aliphatic hydroxyl groups is 2. The fraction of sp³-hybridized carbons (Fsp3) is 1.00. The lowest BCUT2D eigenvalue weighted by Gasteiger charge is -2.01. The number of aliphatic hydroxyl groups excluding tert-OH is 2. The first-order chi connectivity index (χ1) is 4.91. The van der Waals surface area contributed by atoms with E-state index in [0.717, 1.165) is 0 Å². The van der Waals surface area contributed by atoms with Crippen LogP contribution in [-0.4, -0.2) is 60.8 Å². The van der Waals surface area contributed by atoms with Crippen LogP contribution < -0.4 is 0 Å². The van der Waals surface area contributed by atoms with Crippen molar-refractivity contribution in [3.63, 3.8) is 0 Å². The molecular weight excluding hydrogens is 168 g/mol. The highest BCUT2D eigenvalue weighted by atomic mass is 16.5. The van der Waals surface area contributed by atoms with Gasteiger partial charge in [0.1, 0.15) is 0 Å². The zero-order valence-electron chi connectivity index (χ0n) is 6.95. The van der Waals surface area contributed by atoms with Crippen molar-refractivity contribution in [2.45, 2.75) is 0 Å². The Morgan fingerprint density at radius 2 is 1.00 bits per heavy atom. The van der Waals surface area contributed by atoms with Crippen LogP contribution in [0.4, 0.5) is 0 Å². The number of rotatable bonds is 7. The van der Waals surface area contributed by atoms with Crippen LogP contribution in [0.2, 0.25) is 0 Å². The Kier molecular flexibility index (Phi) is 25.2. The van der Waals surface area contributed by atoms with Crippen molar-refractivity contribution in [3.05, 3.63) is 0 Å². The average molecular weight is 186 g/mol. The summed E-state index contributed by atoms with van der Waals surface area (Å²) in [5.74, 6) is 0. The van der Waals surface area contributed by atoms with E-state index in [9.17, 15) is 0 Å². The molecule has 0 aliphatic rings. The van der Waals surface area contributed by atoms with Crippen molar-refractivity contribution < 1.29 is 30.6 Å². The molecule has 0 saturated carbocycles. The van der Waals surface area contributed by atoms with E-state index < -0.39 is 0 Å². The van der Waals surface area contributed by atoms with E-state index in [4.69, 9.17) is 19.7 Å². The van der Waals surface area contributed by atoms with Gasteiger partial charge in [0.15, 0.2) is 0 Å². The fourth-order valence-corrected chi connectivity index (χ4v) is 0.451. The summed E-state index contributed by atoms with van der Waals surface area (Å²) in [5, 5.41) is 16.5. The molecule has 0 radical (unpaired) electrons. The summed E-state index contributed by atoms with van der Waals surface area (Å²) in [7, 11) is 0. The van der Waals surface area contributed by atoms with Crippen molar-refractivity contribution in [1.82, 2.24) is 0 Å². The minimum absolute atomic E-state index is 0. The molecule has 0 atom stereocenters. The quantitative estimate of drug-likeness (QED) is 0.422. The summed E-state index contributed by atoms with van der Waals surface area (Å²) >= 11 is 0. The van der Waals surface area contributed by atoms with Crippen molar-refractivity contribution in [2.24, 2.45) is 0 Å². The second-order valence-electron chi connectivity index (χ2n) is 1.67. The van der Waals surface area contributed by atoms with E-state index in [-0.39, 0.29) is 24.2 Å². The molecule has 6 heteroatoms. The molecule has 0 rings (SSSR count). The molecule has 6 nitrogen and oxygen atoms in total. The molecule has 0 aromatic rings. The van der Waals surface area contributed by atoms with Gasteiger partial charge >= 0.3 is 0 Å². The summed E-state index contributed by atoms with van der Waals surface area (Å²) in [6, 6.07) is 0. The van der Waals surface area contributed by atoms with Gasteiger partial charge in [-0.1, -0.05) is 0 Å². The maximum atomic E-state index is 8.26. The molecule has 78 valence electrons. The lowest BCUT2D eigenvalue weighted by Crippen LogP contribution is -2.09. The smallest absolute Gasteiger partial charge is 0.0701 e. The number of hydrogen-bond acceptors (Lipinski definition) is 4. The molecule has 0 bridgehead atoms. The monoisotopic (exact) mass is 186 g/mol. The van der Waals surface area contributed by atoms with Gasteiger partial charge in [-0.2, -0.15) is 0 Å². The molecule has 0 aromatic carbocycles. The van der Waals surface area contributed by atoms with Crippen LogP contribution in [0.3, 0.4) is 0 Å². The summed E-state index contributed by atoms with van der Waals surface area (Å²) in [6.07, 6.45) is 0. The Hall–Kier alpha value is -0.240. The molecule has 0 unspecified atom stereocenters. The standard InChI is InChI=1S/C6H14O4.2H2O/c7-1-3-9-5-6-10-4-2-8;;/h7-8H,1-6H2;2*1H2. The molecule has 0 heterocycles. The van der Waals surface area contributed by atoms with Gasteiger partial charge in [0.25, 0.3) is 0 Å². The third kappa shape index (κ3) is 16.4. The first-order valence-corrected chi connectivity index (χ1v) is 3.29. The van der Waals surface area contributed by atoms with E-state index >= 15 is 0 Å². The lowest BCUT2D eigenvalue weighted by atomic mass is 10.7. The molecule has 12 heavy (non-hydrogen) atoms. The molecule has 6 N–H and O–H groups in total. The van der Waals surface area contributed by atoms with Gasteiger partial charge < -0.3 is 30.6 Å². The summed E-state index contributed by atoms with van der Waals surface area (Å²) < 4.78 is 9.75. The molecule has 0 fully saturated rings. The van der Waals surface area contributed by atoms with Crippen LogP contribution in [0.5, 0.6) is 0 Å². The molecule has 0 aliphatic heterocycles. The normalized spacial score (nSPS) is 8.50. The summed E-state index contributed by atoms with van der Waals surface area (Å²) in [6.45, 7) is 1.73. The van der Waals surface area contributed by atoms with E-state index in [0.29, 0.717) is 26.4 Å². The van der Waals surface area contributed by atoms with E-state index in [1.165, 1.54) is 0 Å². The molecule has 0 aromatic heterocycles. The molecule has 0 spiro atoms. The fourth-order valence-electron chi connectivity index (χ4n) is 0.451. The first-order valence-electron chi connectivity index (χ1n) is 3.29. The zero-order chi connectivity index (χ0) is 7.66. The van der Waals surface area contributed by atoms with E-state index in [1.54, 1.807) is 0 Å². The van der Waals surface area contributed by atoms with Crippen LogP contribution >= 0.6 is 0 Å². The van der Waals surface area contributed by atoms with E-state index in [2.05, 4.69) is 0 Å². The van der Waals surface area contributed by atoms with Gasteiger partial charge in [-0.15, -0.1) is 0 Å². The van der Waals surface area contributed by atoms with Crippen molar-refractivity contribution in [1.29, 1.82) is 0 Å². The van der Waals surface area contributed by atoms with Gasteiger partial charge in [0.05, 0.1) is 39.6 Å². The predicted molar refractivity (Wildman–Crippen MR) is 43.0 cm³/mol. The Morgan fingerprint density at radius 3 is 1.25 bits per heavy atom. The number of ether oxygens (including phenoxy) is 2. The average Bonchev–Trinajstić information content (AvgIpc) is 1.97. The minimum atomic E-state index is 0. The highest BCUT2D eigenvalue weighted by Crippen LogP contribution is 1.76. The Morgan fingerprint density at radius 1 is 0.667 bits per heavy atom. The van der Waals surface area contributed by atoms with Crippen LogP contribution in [-0.2, 0) is 9.47 Å². The van der Waals surface area contributed by atoms with E-state index in [1.807, 2.05) is 0 Å². The molecule has 0 aliphatic carbocycles. The zero-order valence-corrected chi connectivity index (χ0v) is 6.95. The van der Waals surface area contributed by atoms with Gasteiger partial charge in [-0.3, -0.25) is 0 Å². The third-order valence-corrected chi connectivity index (χ3v) is 0.843. The summed E-state index contributed by atoms with van der Waals surface area (Å²) in [4.78, 5) is 0. The van der Waals surface area contributed by atoms with Gasteiger partial charge in [0, 0.05) is 0 Å². The summed E-state index contributed by atoms with van der Waals surface area (Å²) in [5.41, 5.74) is 0. The Labute approximate surface area is 71.3 Å². The topological polar surface area (TPSA) is 122 Å². The van der Waals surface area contributed by atoms with Crippen LogP contribution in [0, 0.1) is 0 Å². The van der Waals surface area contributed by atoms with Crippen LogP contribution in [0.1, 0.15) is 0 Å². The molecule has 0 amide bonds. The van der Waals surface area contributed by atoms with Crippen molar-refractivity contribution in [2.75, 3.05) is 39.6 Å². The SMILES string of the molecule is O.O.OCCOCCOCCO. The van der Waals surface area contributed by atoms with Crippen molar-refractivity contribution in [3.8, 4) is 0 Å². The van der Waals surface area contributed by atoms with Gasteiger partial charge in [0.2, 0.25) is 0 Å². The number of hydrogen-bond donors (Lipinski definition) is 2. The van der Waals surface area contributed by atoms with Gasteiger partial charge in [-0.05, 0) is 0 Å². The second kappa shape index (κ2) is 17.0. The third-order valence-electron chi connectivity index (χ3n) is 0.843. The highest BCUT2D eigenvalue weighted by molar-refractivity contribution is 4.30. The van der Waals surface area contributed by atoms with Crippen LogP contribution in [0.25, 0.3) is 0 Å². The molecular formula is C6H18O6. The maximum Gasteiger partial charge on any atom is 0.0701 e. The largest absolute Gasteiger partial charge is 0.412 e. The Bertz CT molecular complexity index is 52.0. The highest BCUT2D eigenvalue weighted by Gasteiger charge is 1.86. The minimum Gasteiger partial charge on any atom is -0.412 e. The lowest BCUT2D eigenvalue weighted by molar-refractivity contribution is 0.0222. The Balaban J connectivity index is -0.000000405. The predicted octanol–water partition coefficient (Wildman–Crippen LogP) is -2.65. The van der Waals surface area contributed by atoms with Crippen molar-refractivity contribution >= 4 is 0 Å². The van der Waals surface area contributed by atoms with Crippen LogP contribution in [0.15, 0.2) is 0 Å². The van der Waals surface area contributed by atoms with Gasteiger partial charge in [-0.25, -0.2) is 0 Å². The second-order valence-corrected chi connectivity index (χ2v) is 1.67. The first kappa shape index (κ1) is 17.7.